The van der Waals surface area contributed by atoms with Gasteiger partial charge in [0.15, 0.2) is 0 Å². The Hall–Kier alpha value is -2.34. The number of nitrogens with two attached hydrogens (primary N) is 1. The first-order valence-electron chi connectivity index (χ1n) is 6.22. The number of aromatic nitrogens is 1. The van der Waals surface area contributed by atoms with E-state index in [2.05, 4.69) is 4.98 Å². The van der Waals surface area contributed by atoms with Crippen LogP contribution in [0, 0.1) is 0 Å². The zero-order valence-electron chi connectivity index (χ0n) is 10.8. The molecule has 0 saturated carbocycles. The summed E-state index contributed by atoms with van der Waals surface area (Å²) in [7, 11) is 0. The van der Waals surface area contributed by atoms with Crippen LogP contribution in [0.5, 0.6) is 0 Å². The van der Waals surface area contributed by atoms with Crippen molar-refractivity contribution in [2.45, 2.75) is 12.2 Å². The maximum Gasteiger partial charge on any atom is 0.417 e. The summed E-state index contributed by atoms with van der Waals surface area (Å²) in [6, 6.07) is 10.6. The molecule has 6 heteroatoms. The van der Waals surface area contributed by atoms with Crippen molar-refractivity contribution in [2.75, 3.05) is 0 Å². The largest absolute Gasteiger partial charge is 0.459 e. The fourth-order valence-electron chi connectivity index (χ4n) is 2.06. The van der Waals surface area contributed by atoms with Crippen LogP contribution in [0.2, 0.25) is 0 Å². The van der Waals surface area contributed by atoms with Crippen LogP contribution in [0.3, 0.4) is 0 Å². The van der Waals surface area contributed by atoms with E-state index in [4.69, 9.17) is 10.2 Å². The molecule has 1 unspecified atom stereocenters. The highest BCUT2D eigenvalue weighted by atomic mass is 19.4. The number of alkyl halides is 3. The van der Waals surface area contributed by atoms with Crippen LogP contribution >= 0.6 is 0 Å². The molecule has 0 aliphatic carbocycles. The molecule has 2 aromatic heterocycles. The minimum Gasteiger partial charge on any atom is -0.459 e. The Balaban J connectivity index is 1.92. The predicted octanol–water partition coefficient (Wildman–Crippen LogP) is 3.89. The van der Waals surface area contributed by atoms with Gasteiger partial charge in [-0.15, -0.1) is 0 Å². The highest BCUT2D eigenvalue weighted by molar-refractivity contribution is 5.77. The summed E-state index contributed by atoms with van der Waals surface area (Å²) in [5, 5.41) is 0.884. The van der Waals surface area contributed by atoms with E-state index in [1.165, 1.54) is 6.07 Å². The topological polar surface area (TPSA) is 52.0 Å². The summed E-state index contributed by atoms with van der Waals surface area (Å²) in [6.07, 6.45) is -3.63. The third-order valence-corrected chi connectivity index (χ3v) is 3.18. The molecule has 0 aliphatic heterocycles. The van der Waals surface area contributed by atoms with E-state index in [-0.39, 0.29) is 0 Å². The number of furan rings is 1. The fourth-order valence-corrected chi connectivity index (χ4v) is 2.06. The highest BCUT2D eigenvalue weighted by Crippen LogP contribution is 2.30. The number of halogens is 3. The minimum atomic E-state index is -4.41. The second kappa shape index (κ2) is 4.89. The molecule has 1 atom stereocenters. The fraction of sp³-hybridized carbons (Fsp3) is 0.133. The van der Waals surface area contributed by atoms with Gasteiger partial charge in [-0.25, -0.2) is 0 Å². The Kier molecular flexibility index (Phi) is 3.17. The van der Waals surface area contributed by atoms with Crippen molar-refractivity contribution in [3.05, 3.63) is 65.7 Å². The molecule has 2 heterocycles. The van der Waals surface area contributed by atoms with Crippen LogP contribution in [0.4, 0.5) is 13.2 Å². The molecule has 0 aliphatic rings. The maximum absolute atomic E-state index is 12.5. The third kappa shape index (κ3) is 2.62. The zero-order valence-corrected chi connectivity index (χ0v) is 10.8. The van der Waals surface area contributed by atoms with Crippen LogP contribution in [0.15, 0.2) is 53.1 Å². The van der Waals surface area contributed by atoms with Crippen molar-refractivity contribution in [2.24, 2.45) is 5.73 Å². The van der Waals surface area contributed by atoms with E-state index in [0.29, 0.717) is 17.0 Å². The number of hydrogen-bond acceptors (Lipinski definition) is 3. The van der Waals surface area contributed by atoms with Crippen molar-refractivity contribution in [1.82, 2.24) is 4.98 Å². The van der Waals surface area contributed by atoms with Crippen molar-refractivity contribution in [3.8, 4) is 0 Å². The third-order valence-electron chi connectivity index (χ3n) is 3.18. The van der Waals surface area contributed by atoms with E-state index in [1.807, 2.05) is 18.2 Å². The maximum atomic E-state index is 12.5. The summed E-state index contributed by atoms with van der Waals surface area (Å²) in [6.45, 7) is 0. The molecule has 0 amide bonds. The average Bonchev–Trinajstić information content (AvgIpc) is 2.89. The van der Waals surface area contributed by atoms with Crippen molar-refractivity contribution < 1.29 is 17.6 Å². The molecule has 1 aromatic carbocycles. The Labute approximate surface area is 118 Å². The van der Waals surface area contributed by atoms with Crippen molar-refractivity contribution >= 4 is 11.0 Å². The van der Waals surface area contributed by atoms with Gasteiger partial charge in [-0.3, -0.25) is 4.98 Å². The second-order valence-electron chi connectivity index (χ2n) is 4.63. The highest BCUT2D eigenvalue weighted by Gasteiger charge is 2.31. The Morgan fingerprint density at radius 3 is 2.48 bits per heavy atom. The van der Waals surface area contributed by atoms with Crippen molar-refractivity contribution in [3.63, 3.8) is 0 Å². The normalized spacial score (nSPS) is 13.5. The van der Waals surface area contributed by atoms with Crippen LogP contribution in [-0.2, 0) is 6.18 Å². The lowest BCUT2D eigenvalue weighted by molar-refractivity contribution is -0.137. The van der Waals surface area contributed by atoms with Gasteiger partial charge in [0.2, 0.25) is 0 Å². The number of para-hydroxylation sites is 1. The van der Waals surface area contributed by atoms with Crippen LogP contribution in [0.1, 0.15) is 23.1 Å². The Bertz CT molecular complexity index is 729. The summed E-state index contributed by atoms with van der Waals surface area (Å²) in [5.41, 5.74) is 6.20. The molecule has 0 spiro atoms. The van der Waals surface area contributed by atoms with Gasteiger partial charge in [0.25, 0.3) is 0 Å². The van der Waals surface area contributed by atoms with Crippen LogP contribution in [-0.4, -0.2) is 4.98 Å². The van der Waals surface area contributed by atoms with Crippen LogP contribution in [0.25, 0.3) is 11.0 Å². The smallest absolute Gasteiger partial charge is 0.417 e. The summed E-state index contributed by atoms with van der Waals surface area (Å²) < 4.78 is 43.1. The molecule has 2 N–H and O–H groups in total. The number of pyridine rings is 1. The molecule has 3 rings (SSSR count). The molecule has 0 radical (unpaired) electrons. The van der Waals surface area contributed by atoms with Crippen molar-refractivity contribution in [1.29, 1.82) is 0 Å². The van der Waals surface area contributed by atoms with E-state index < -0.39 is 17.8 Å². The molecule has 0 saturated heterocycles. The average molecular weight is 292 g/mol. The molecule has 21 heavy (non-hydrogen) atoms. The van der Waals surface area contributed by atoms with E-state index in [0.717, 1.165) is 17.6 Å². The zero-order chi connectivity index (χ0) is 15.0. The standard InChI is InChI=1S/C15H11F3N2O/c16-15(17,18)10-5-6-11(20-8-10)14(19)13-7-9-3-1-2-4-12(9)21-13/h1-8,14H,19H2. The molecule has 3 nitrogen and oxygen atoms in total. The van der Waals surface area contributed by atoms with E-state index in [1.54, 1.807) is 12.1 Å². The molecular formula is C15H11F3N2O. The second-order valence-corrected chi connectivity index (χ2v) is 4.63. The first kappa shape index (κ1) is 13.6. The summed E-state index contributed by atoms with van der Waals surface area (Å²) in [4.78, 5) is 3.79. The summed E-state index contributed by atoms with van der Waals surface area (Å²) in [5.74, 6) is 0.462. The SMILES string of the molecule is NC(c1ccc(C(F)(F)F)cn1)c1cc2ccccc2o1. The predicted molar refractivity (Wildman–Crippen MR) is 71.5 cm³/mol. The lowest BCUT2D eigenvalue weighted by atomic mass is 10.1. The summed E-state index contributed by atoms with van der Waals surface area (Å²) >= 11 is 0. The minimum absolute atomic E-state index is 0.321. The molecule has 0 bridgehead atoms. The van der Waals surface area contributed by atoms with Gasteiger partial charge in [0, 0.05) is 11.6 Å². The van der Waals surface area contributed by atoms with Crippen LogP contribution < -0.4 is 5.73 Å². The lowest BCUT2D eigenvalue weighted by Crippen LogP contribution is -2.14. The Morgan fingerprint density at radius 2 is 1.86 bits per heavy atom. The first-order chi connectivity index (χ1) is 9.95. The van der Waals surface area contributed by atoms with Gasteiger partial charge >= 0.3 is 6.18 Å². The molecule has 0 fully saturated rings. The van der Waals surface area contributed by atoms with Gasteiger partial charge in [-0.05, 0) is 24.3 Å². The van der Waals surface area contributed by atoms with Gasteiger partial charge in [0.1, 0.15) is 17.4 Å². The molecule has 108 valence electrons. The number of benzene rings is 1. The van der Waals surface area contributed by atoms with Gasteiger partial charge in [0.05, 0.1) is 11.3 Å². The van der Waals surface area contributed by atoms with E-state index in [9.17, 15) is 13.2 Å². The number of fused-ring (bicyclic) bond motifs is 1. The van der Waals surface area contributed by atoms with Gasteiger partial charge in [-0.1, -0.05) is 18.2 Å². The number of hydrogen-bond donors (Lipinski definition) is 1. The first-order valence-corrected chi connectivity index (χ1v) is 6.22. The Morgan fingerprint density at radius 1 is 1.10 bits per heavy atom. The number of nitrogens with zero attached hydrogens (tertiary/aromatic N) is 1. The van der Waals surface area contributed by atoms with E-state index >= 15 is 0 Å². The van der Waals surface area contributed by atoms with Gasteiger partial charge < -0.3 is 10.2 Å². The van der Waals surface area contributed by atoms with Gasteiger partial charge in [-0.2, -0.15) is 13.2 Å². The lowest BCUT2D eigenvalue weighted by Gasteiger charge is -2.10. The number of rotatable bonds is 2. The monoisotopic (exact) mass is 292 g/mol. The quantitative estimate of drug-likeness (QED) is 0.779. The molecular weight excluding hydrogens is 281 g/mol. The molecule has 3 aromatic rings.